The zero-order valence-electron chi connectivity index (χ0n) is 14.6. The van der Waals surface area contributed by atoms with Gasteiger partial charge in [-0.05, 0) is 23.8 Å². The molecule has 0 fully saturated rings. The van der Waals surface area contributed by atoms with Crippen LogP contribution in [-0.2, 0) is 22.4 Å². The fraction of sp³-hybridized carbons (Fsp3) is 0.0455. The first-order chi connectivity index (χ1) is 10.4. The summed E-state index contributed by atoms with van der Waals surface area (Å²) in [6.45, 7) is 5.00. The molecule has 0 nitrogen and oxygen atoms in total. The second-order valence-corrected chi connectivity index (χ2v) is 6.56. The molecular formula is C22H26AuP. The molecule has 0 heterocycles. The van der Waals surface area contributed by atoms with Crippen LogP contribution in [0.5, 0.6) is 0 Å². The maximum Gasteiger partial charge on any atom is 3.00 e. The van der Waals surface area contributed by atoms with Crippen LogP contribution in [0.2, 0.25) is 0 Å². The van der Waals surface area contributed by atoms with Crippen LogP contribution < -0.4 is 15.9 Å². The van der Waals surface area contributed by atoms with Gasteiger partial charge in [-0.25, -0.2) is 0 Å². The van der Waals surface area contributed by atoms with Gasteiger partial charge in [-0.1, -0.05) is 91.0 Å². The Kier molecular flexibility index (Phi) is 14.8. The average molecular weight is 518 g/mol. The molecule has 0 saturated carbocycles. The molecule has 3 aromatic carbocycles. The quantitative estimate of drug-likeness (QED) is 0.255. The minimum absolute atomic E-state index is 0. The summed E-state index contributed by atoms with van der Waals surface area (Å²) in [7, 11) is -0.446. The van der Waals surface area contributed by atoms with Gasteiger partial charge in [-0.2, -0.15) is 6.92 Å². The van der Waals surface area contributed by atoms with Gasteiger partial charge < -0.3 is 21.8 Å². The molecule has 0 N–H and O–H groups in total. The van der Waals surface area contributed by atoms with E-state index in [1.54, 1.807) is 6.92 Å². The van der Waals surface area contributed by atoms with Crippen molar-refractivity contribution >= 4 is 23.8 Å². The molecule has 2 heteroatoms. The van der Waals surface area contributed by atoms with Crippen LogP contribution in [-0.4, -0.2) is 0 Å². The molecule has 0 spiro atoms. The molecule has 0 unspecified atom stereocenters. The Morgan fingerprint density at radius 2 is 0.708 bits per heavy atom. The zero-order chi connectivity index (χ0) is 14.9. The van der Waals surface area contributed by atoms with Crippen molar-refractivity contribution in [3.05, 3.63) is 113 Å². The van der Waals surface area contributed by atoms with E-state index in [9.17, 15) is 0 Å². The maximum absolute atomic E-state index is 3.25. The van der Waals surface area contributed by atoms with Gasteiger partial charge in [0.05, 0.1) is 0 Å². The Morgan fingerprint density at radius 1 is 0.500 bits per heavy atom. The minimum atomic E-state index is -0.446. The number of benzene rings is 3. The molecular weight excluding hydrogens is 492 g/mol. The van der Waals surface area contributed by atoms with Crippen molar-refractivity contribution in [1.82, 2.24) is 0 Å². The van der Waals surface area contributed by atoms with Crippen LogP contribution in [0.3, 0.4) is 0 Å². The normalized spacial score (nSPS) is 8.62. The molecule has 0 saturated heterocycles. The van der Waals surface area contributed by atoms with Crippen molar-refractivity contribution in [2.75, 3.05) is 0 Å². The van der Waals surface area contributed by atoms with Gasteiger partial charge in [0.25, 0.3) is 0 Å². The molecule has 0 bridgehead atoms. The number of rotatable bonds is 3. The topological polar surface area (TPSA) is 0 Å². The molecule has 0 aliphatic carbocycles. The predicted octanol–water partition coefficient (Wildman–Crippen LogP) is 5.18. The fourth-order valence-electron chi connectivity index (χ4n) is 2.18. The first-order valence-electron chi connectivity index (χ1n) is 7.11. The van der Waals surface area contributed by atoms with Crippen LogP contribution >= 0.6 is 7.92 Å². The van der Waals surface area contributed by atoms with E-state index in [1.165, 1.54) is 15.9 Å². The zero-order valence-corrected chi connectivity index (χ0v) is 17.7. The fourth-order valence-corrected chi connectivity index (χ4v) is 4.48. The summed E-state index contributed by atoms with van der Waals surface area (Å²) in [5.41, 5.74) is 0. The van der Waals surface area contributed by atoms with Gasteiger partial charge in [-0.15, -0.1) is 0 Å². The molecule has 0 radical (unpaired) electrons. The summed E-state index contributed by atoms with van der Waals surface area (Å²) in [4.78, 5) is 0. The SMILES string of the molecule is [Au+3].[CH2-]C.[CH3-].[CH3-].c1ccc(P(c2ccccc2)c2ccccc2)cc1. The molecule has 0 aliphatic rings. The first kappa shape index (κ1) is 25.1. The van der Waals surface area contributed by atoms with Gasteiger partial charge in [0.15, 0.2) is 0 Å². The molecule has 3 aromatic rings. The van der Waals surface area contributed by atoms with Crippen molar-refractivity contribution in [1.29, 1.82) is 0 Å². The number of hydrogen-bond donors (Lipinski definition) is 0. The van der Waals surface area contributed by atoms with Crippen molar-refractivity contribution < 1.29 is 22.4 Å². The van der Waals surface area contributed by atoms with Crippen LogP contribution in [0.1, 0.15) is 6.92 Å². The van der Waals surface area contributed by atoms with Crippen LogP contribution in [0.15, 0.2) is 91.0 Å². The summed E-state index contributed by atoms with van der Waals surface area (Å²) in [5.74, 6) is 0. The van der Waals surface area contributed by atoms with E-state index < -0.39 is 7.92 Å². The average Bonchev–Trinajstić information content (AvgIpc) is 2.60. The molecule has 24 heavy (non-hydrogen) atoms. The smallest absolute Gasteiger partial charge is 0.358 e. The second kappa shape index (κ2) is 14.2. The van der Waals surface area contributed by atoms with Crippen LogP contribution in [0, 0.1) is 21.8 Å². The van der Waals surface area contributed by atoms with Crippen LogP contribution in [0.4, 0.5) is 0 Å². The van der Waals surface area contributed by atoms with Gasteiger partial charge in [0.1, 0.15) is 0 Å². The van der Waals surface area contributed by atoms with E-state index in [0.717, 1.165) is 0 Å². The van der Waals surface area contributed by atoms with Crippen molar-refractivity contribution in [3.8, 4) is 0 Å². The van der Waals surface area contributed by atoms with Crippen molar-refractivity contribution in [2.24, 2.45) is 0 Å². The third-order valence-corrected chi connectivity index (χ3v) is 5.49. The Bertz CT molecular complexity index is 530. The Balaban J connectivity index is 0. The van der Waals surface area contributed by atoms with E-state index in [0.29, 0.717) is 0 Å². The van der Waals surface area contributed by atoms with Gasteiger partial charge in [0.2, 0.25) is 0 Å². The standard InChI is InChI=1S/C18H15P.C2H5.2CH3.Au/c1-4-10-16(11-5-1)19(17-12-6-2-7-13-17)18-14-8-3-9-15-18;1-2;;;/h1-15H;1H2,2H3;2*1H3;/q;3*-1;+3. The Morgan fingerprint density at radius 3 is 0.917 bits per heavy atom. The molecule has 0 amide bonds. The summed E-state index contributed by atoms with van der Waals surface area (Å²) in [5, 5.41) is 4.19. The third-order valence-electron chi connectivity index (χ3n) is 3.04. The van der Waals surface area contributed by atoms with Crippen molar-refractivity contribution in [2.45, 2.75) is 6.92 Å². The molecule has 130 valence electrons. The van der Waals surface area contributed by atoms with Gasteiger partial charge in [0, 0.05) is 0 Å². The van der Waals surface area contributed by atoms with Crippen molar-refractivity contribution in [3.63, 3.8) is 0 Å². The largest absolute Gasteiger partial charge is 3.00 e. The van der Waals surface area contributed by atoms with E-state index >= 15 is 0 Å². The summed E-state index contributed by atoms with van der Waals surface area (Å²) < 4.78 is 0. The van der Waals surface area contributed by atoms with Crippen LogP contribution in [0.25, 0.3) is 0 Å². The third kappa shape index (κ3) is 6.75. The summed E-state index contributed by atoms with van der Waals surface area (Å²) >= 11 is 0. The van der Waals surface area contributed by atoms with E-state index in [1.807, 2.05) is 0 Å². The Labute approximate surface area is 165 Å². The monoisotopic (exact) mass is 518 g/mol. The summed E-state index contributed by atoms with van der Waals surface area (Å²) in [6, 6.07) is 32.3. The van der Waals surface area contributed by atoms with Gasteiger partial charge in [-0.3, -0.25) is 0 Å². The van der Waals surface area contributed by atoms with E-state index in [-0.39, 0.29) is 37.2 Å². The predicted molar refractivity (Wildman–Crippen MR) is 109 cm³/mol. The molecule has 0 aliphatic heterocycles. The number of hydrogen-bond acceptors (Lipinski definition) is 0. The molecule has 0 atom stereocenters. The van der Waals surface area contributed by atoms with Gasteiger partial charge >= 0.3 is 22.4 Å². The maximum atomic E-state index is 3.25. The minimum Gasteiger partial charge on any atom is -0.358 e. The summed E-state index contributed by atoms with van der Waals surface area (Å²) in [6.07, 6.45) is 0. The molecule has 3 rings (SSSR count). The second-order valence-electron chi connectivity index (χ2n) is 4.34. The van der Waals surface area contributed by atoms with E-state index in [2.05, 4.69) is 97.9 Å². The molecule has 0 aromatic heterocycles. The van der Waals surface area contributed by atoms with E-state index in [4.69, 9.17) is 0 Å². The Hall–Kier alpha value is -1.17. The first-order valence-corrected chi connectivity index (χ1v) is 8.45.